The summed E-state index contributed by atoms with van der Waals surface area (Å²) in [6.45, 7) is 7.58. The maximum absolute atomic E-state index is 12.3. The summed E-state index contributed by atoms with van der Waals surface area (Å²) in [7, 11) is 0.188. The quantitative estimate of drug-likeness (QED) is 0.445. The number of carbonyl (C=O) groups excluding carboxylic acids is 1. The molecule has 1 aromatic heterocycles. The number of aryl methyl sites for hydroxylation is 1. The Hall–Kier alpha value is -1.41. The monoisotopic (exact) mass is 313 g/mol. The number of hydrogen-bond donors (Lipinski definition) is 0. The van der Waals surface area contributed by atoms with E-state index in [-0.39, 0.29) is 12.4 Å². The number of ether oxygens (including phenoxy) is 2. The summed E-state index contributed by atoms with van der Waals surface area (Å²) >= 11 is 0. The topological polar surface area (TPSA) is 75.3 Å². The van der Waals surface area contributed by atoms with Crippen molar-refractivity contribution in [3.63, 3.8) is 0 Å². The van der Waals surface area contributed by atoms with E-state index in [4.69, 9.17) is 9.47 Å². The zero-order valence-corrected chi connectivity index (χ0v) is 14.1. The SMILES string of the molecule is COC(=O)C1CCc2nn(COCC[Si](C)(C)C)c(=O)n21. The summed E-state index contributed by atoms with van der Waals surface area (Å²) in [5, 5.41) is 4.24. The molecule has 0 bridgehead atoms. The van der Waals surface area contributed by atoms with Crippen LogP contribution in [0.5, 0.6) is 0 Å². The zero-order chi connectivity index (χ0) is 15.6. The highest BCUT2D eigenvalue weighted by molar-refractivity contribution is 6.76. The van der Waals surface area contributed by atoms with E-state index in [1.165, 1.54) is 16.4 Å². The van der Waals surface area contributed by atoms with Gasteiger partial charge in [0.1, 0.15) is 18.6 Å². The minimum Gasteiger partial charge on any atom is -0.467 e. The van der Waals surface area contributed by atoms with Gasteiger partial charge in [0.2, 0.25) is 0 Å². The Kier molecular flexibility index (Phi) is 4.67. The zero-order valence-electron chi connectivity index (χ0n) is 13.1. The number of hydrogen-bond acceptors (Lipinski definition) is 5. The van der Waals surface area contributed by atoms with Gasteiger partial charge in [-0.2, -0.15) is 9.78 Å². The van der Waals surface area contributed by atoms with Gasteiger partial charge < -0.3 is 9.47 Å². The van der Waals surface area contributed by atoms with E-state index < -0.39 is 20.1 Å². The van der Waals surface area contributed by atoms with E-state index in [0.717, 1.165) is 6.04 Å². The summed E-state index contributed by atoms with van der Waals surface area (Å²) in [5.41, 5.74) is -0.300. The van der Waals surface area contributed by atoms with E-state index >= 15 is 0 Å². The highest BCUT2D eigenvalue weighted by atomic mass is 28.3. The predicted molar refractivity (Wildman–Crippen MR) is 80.0 cm³/mol. The lowest BCUT2D eigenvalue weighted by Crippen LogP contribution is -2.31. The average Bonchev–Trinajstić information content (AvgIpc) is 2.94. The second-order valence-electron chi connectivity index (χ2n) is 6.49. The second-order valence-corrected chi connectivity index (χ2v) is 12.1. The number of rotatable bonds is 6. The molecule has 0 N–H and O–H groups in total. The summed E-state index contributed by atoms with van der Waals surface area (Å²) in [5.74, 6) is 0.235. The van der Waals surface area contributed by atoms with E-state index in [9.17, 15) is 9.59 Å². The lowest BCUT2D eigenvalue weighted by molar-refractivity contribution is -0.144. The van der Waals surface area contributed by atoms with Crippen molar-refractivity contribution in [3.05, 3.63) is 16.3 Å². The summed E-state index contributed by atoms with van der Waals surface area (Å²) < 4.78 is 13.0. The molecule has 0 saturated heterocycles. The molecule has 0 fully saturated rings. The molecule has 7 nitrogen and oxygen atoms in total. The molecule has 0 spiro atoms. The van der Waals surface area contributed by atoms with Gasteiger partial charge in [0.05, 0.1) is 7.11 Å². The molecule has 1 aliphatic heterocycles. The lowest BCUT2D eigenvalue weighted by Gasteiger charge is -2.15. The highest BCUT2D eigenvalue weighted by Gasteiger charge is 2.33. The van der Waals surface area contributed by atoms with Crippen LogP contribution in [0.1, 0.15) is 18.3 Å². The smallest absolute Gasteiger partial charge is 0.348 e. The van der Waals surface area contributed by atoms with E-state index in [1.54, 1.807) is 0 Å². The molecule has 2 rings (SSSR count). The molecule has 0 aliphatic carbocycles. The lowest BCUT2D eigenvalue weighted by atomic mass is 10.2. The summed E-state index contributed by atoms with van der Waals surface area (Å²) in [6.07, 6.45) is 1.18. The van der Waals surface area contributed by atoms with Crippen molar-refractivity contribution >= 4 is 14.0 Å². The standard InChI is InChI=1S/C13H23N3O4Si/c1-19-12(17)10-5-6-11-14-15(13(18)16(10)11)9-20-7-8-21(2,3)4/h10H,5-9H2,1-4H3. The van der Waals surface area contributed by atoms with Gasteiger partial charge in [0.25, 0.3) is 0 Å². The summed E-state index contributed by atoms with van der Waals surface area (Å²) in [6, 6.07) is 0.494. The van der Waals surface area contributed by atoms with Gasteiger partial charge in [-0.3, -0.25) is 4.57 Å². The van der Waals surface area contributed by atoms with Crippen LogP contribution in [0.2, 0.25) is 25.7 Å². The normalized spacial score (nSPS) is 17.8. The first kappa shape index (κ1) is 16.0. The first-order valence-corrected chi connectivity index (χ1v) is 10.9. The predicted octanol–water partition coefficient (Wildman–Crippen LogP) is 1.02. The van der Waals surface area contributed by atoms with Gasteiger partial charge in [-0.25, -0.2) is 9.59 Å². The molecule has 8 heteroatoms. The Balaban J connectivity index is 2.01. The molecule has 1 unspecified atom stereocenters. The van der Waals surface area contributed by atoms with Crippen LogP contribution in [0.4, 0.5) is 0 Å². The number of methoxy groups -OCH3 is 1. The van der Waals surface area contributed by atoms with Crippen molar-refractivity contribution in [1.29, 1.82) is 0 Å². The molecule has 0 aromatic carbocycles. The molecule has 21 heavy (non-hydrogen) atoms. The molecule has 1 atom stereocenters. The molecule has 1 aliphatic rings. The molecule has 2 heterocycles. The van der Waals surface area contributed by atoms with E-state index in [1.807, 2.05) is 0 Å². The molecule has 0 saturated carbocycles. The van der Waals surface area contributed by atoms with Crippen LogP contribution in [0.25, 0.3) is 0 Å². The van der Waals surface area contributed by atoms with Gasteiger partial charge in [-0.1, -0.05) is 19.6 Å². The number of carbonyl (C=O) groups is 1. The van der Waals surface area contributed by atoms with E-state index in [2.05, 4.69) is 24.7 Å². The maximum atomic E-state index is 12.3. The number of aromatic nitrogens is 3. The van der Waals surface area contributed by atoms with Crippen LogP contribution in [0, 0.1) is 0 Å². The minimum absolute atomic E-state index is 0.136. The molecule has 0 radical (unpaired) electrons. The largest absolute Gasteiger partial charge is 0.467 e. The van der Waals surface area contributed by atoms with Gasteiger partial charge in [-0.15, -0.1) is 0 Å². The second kappa shape index (κ2) is 6.14. The van der Waals surface area contributed by atoms with Gasteiger partial charge in [-0.05, 0) is 12.5 Å². The molecular formula is C13H23N3O4Si. The van der Waals surface area contributed by atoms with Gasteiger partial charge >= 0.3 is 11.7 Å². The summed E-state index contributed by atoms with van der Waals surface area (Å²) in [4.78, 5) is 23.9. The molecular weight excluding hydrogens is 290 g/mol. The Labute approximate surface area is 124 Å². The Bertz CT molecular complexity index is 573. The fraction of sp³-hybridized carbons (Fsp3) is 0.769. The fourth-order valence-corrected chi connectivity index (χ4v) is 3.07. The van der Waals surface area contributed by atoms with Crippen molar-refractivity contribution in [1.82, 2.24) is 14.3 Å². The van der Waals surface area contributed by atoms with Crippen LogP contribution < -0.4 is 5.69 Å². The van der Waals surface area contributed by atoms with Crippen LogP contribution in [0.3, 0.4) is 0 Å². The van der Waals surface area contributed by atoms with E-state index in [0.29, 0.717) is 25.3 Å². The number of fused-ring (bicyclic) bond motifs is 1. The van der Waals surface area contributed by atoms with Crippen LogP contribution in [-0.2, 0) is 27.4 Å². The van der Waals surface area contributed by atoms with Crippen molar-refractivity contribution in [3.8, 4) is 0 Å². The van der Waals surface area contributed by atoms with Crippen LogP contribution in [-0.4, -0.2) is 42.1 Å². The van der Waals surface area contributed by atoms with Crippen molar-refractivity contribution in [2.45, 2.75) is 51.3 Å². The Morgan fingerprint density at radius 3 is 2.76 bits per heavy atom. The molecule has 1 aromatic rings. The van der Waals surface area contributed by atoms with Gasteiger partial charge in [0, 0.05) is 21.1 Å². The molecule has 118 valence electrons. The van der Waals surface area contributed by atoms with Gasteiger partial charge in [0.15, 0.2) is 0 Å². The van der Waals surface area contributed by atoms with Crippen molar-refractivity contribution in [2.24, 2.45) is 0 Å². The number of esters is 1. The third-order valence-corrected chi connectivity index (χ3v) is 5.28. The third-order valence-electron chi connectivity index (χ3n) is 3.58. The first-order chi connectivity index (χ1) is 9.83. The minimum atomic E-state index is -1.14. The average molecular weight is 313 g/mol. The fourth-order valence-electron chi connectivity index (χ4n) is 2.32. The molecule has 0 amide bonds. The number of nitrogens with zero attached hydrogens (tertiary/aromatic N) is 3. The Morgan fingerprint density at radius 2 is 2.14 bits per heavy atom. The third kappa shape index (κ3) is 3.62. The van der Waals surface area contributed by atoms with Crippen LogP contribution >= 0.6 is 0 Å². The first-order valence-electron chi connectivity index (χ1n) is 7.17. The maximum Gasteiger partial charge on any atom is 0.348 e. The van der Waals surface area contributed by atoms with Crippen molar-refractivity contribution in [2.75, 3.05) is 13.7 Å². The van der Waals surface area contributed by atoms with Crippen LogP contribution in [0.15, 0.2) is 4.79 Å². The highest BCUT2D eigenvalue weighted by Crippen LogP contribution is 2.23. The Morgan fingerprint density at radius 1 is 1.43 bits per heavy atom. The van der Waals surface area contributed by atoms with Crippen molar-refractivity contribution < 1.29 is 14.3 Å².